The lowest BCUT2D eigenvalue weighted by molar-refractivity contribution is -0.153. The van der Waals surface area contributed by atoms with E-state index in [4.69, 9.17) is 4.74 Å². The van der Waals surface area contributed by atoms with Crippen molar-refractivity contribution >= 4 is 23.3 Å². The van der Waals surface area contributed by atoms with Crippen molar-refractivity contribution in [3.05, 3.63) is 65.7 Å². The Balaban J connectivity index is 1.79. The molecule has 0 bridgehead atoms. The van der Waals surface area contributed by atoms with E-state index in [1.165, 1.54) is 43.3 Å². The van der Waals surface area contributed by atoms with Crippen molar-refractivity contribution in [3.8, 4) is 0 Å². The van der Waals surface area contributed by atoms with Crippen LogP contribution in [0.3, 0.4) is 0 Å². The van der Waals surface area contributed by atoms with E-state index in [0.717, 1.165) is 12.1 Å². The first-order chi connectivity index (χ1) is 12.3. The van der Waals surface area contributed by atoms with Crippen molar-refractivity contribution in [1.29, 1.82) is 0 Å². The van der Waals surface area contributed by atoms with Crippen LogP contribution in [0.25, 0.3) is 0 Å². The van der Waals surface area contributed by atoms with E-state index in [-0.39, 0.29) is 18.6 Å². The van der Waals surface area contributed by atoms with Gasteiger partial charge in [0.15, 0.2) is 11.9 Å². The summed E-state index contributed by atoms with van der Waals surface area (Å²) in [6, 6.07) is 10.1. The molecule has 0 spiro atoms. The maximum atomic E-state index is 12.8. The van der Waals surface area contributed by atoms with Gasteiger partial charge >= 0.3 is 5.97 Å². The third-order valence-corrected chi connectivity index (χ3v) is 3.51. The van der Waals surface area contributed by atoms with Gasteiger partial charge in [0.05, 0.1) is 6.42 Å². The largest absolute Gasteiger partial charge is 0.453 e. The number of rotatable bonds is 7. The summed E-state index contributed by atoms with van der Waals surface area (Å²) < 4.78 is 30.6. The number of ketones is 1. The van der Waals surface area contributed by atoms with Gasteiger partial charge in [0.25, 0.3) is 5.91 Å². The molecule has 0 aromatic heterocycles. The lowest BCUT2D eigenvalue weighted by Crippen LogP contribution is -2.30. The smallest absolute Gasteiger partial charge is 0.307 e. The number of carbonyl (C=O) groups is 3. The summed E-state index contributed by atoms with van der Waals surface area (Å²) in [5.41, 5.74) is 0.659. The minimum atomic E-state index is -1.08. The zero-order valence-corrected chi connectivity index (χ0v) is 14.0. The van der Waals surface area contributed by atoms with E-state index in [2.05, 4.69) is 5.32 Å². The predicted molar refractivity (Wildman–Crippen MR) is 90.5 cm³/mol. The van der Waals surface area contributed by atoms with Gasteiger partial charge in [-0.3, -0.25) is 14.4 Å². The maximum absolute atomic E-state index is 12.8. The molecule has 136 valence electrons. The highest BCUT2D eigenvalue weighted by atomic mass is 19.1. The van der Waals surface area contributed by atoms with Crippen LogP contribution < -0.4 is 5.32 Å². The summed E-state index contributed by atoms with van der Waals surface area (Å²) in [4.78, 5) is 35.6. The van der Waals surface area contributed by atoms with Crippen LogP contribution in [-0.4, -0.2) is 23.8 Å². The van der Waals surface area contributed by atoms with Crippen LogP contribution >= 0.6 is 0 Å². The van der Waals surface area contributed by atoms with Crippen LogP contribution in [0.5, 0.6) is 0 Å². The van der Waals surface area contributed by atoms with Crippen molar-refractivity contribution in [1.82, 2.24) is 0 Å². The van der Waals surface area contributed by atoms with Crippen LogP contribution in [0.15, 0.2) is 48.5 Å². The van der Waals surface area contributed by atoms with Gasteiger partial charge in [-0.25, -0.2) is 8.78 Å². The number of benzene rings is 2. The quantitative estimate of drug-likeness (QED) is 0.605. The predicted octanol–water partition coefficient (Wildman–Crippen LogP) is 3.50. The Morgan fingerprint density at radius 1 is 0.923 bits per heavy atom. The third kappa shape index (κ3) is 5.77. The molecule has 1 atom stereocenters. The Kier molecular flexibility index (Phi) is 6.54. The van der Waals surface area contributed by atoms with Gasteiger partial charge < -0.3 is 10.1 Å². The average Bonchev–Trinajstić information content (AvgIpc) is 2.62. The van der Waals surface area contributed by atoms with Gasteiger partial charge in [0.2, 0.25) is 0 Å². The van der Waals surface area contributed by atoms with Crippen LogP contribution in [0.2, 0.25) is 0 Å². The van der Waals surface area contributed by atoms with Crippen molar-refractivity contribution in [2.45, 2.75) is 25.9 Å². The number of hydrogen-bond donors (Lipinski definition) is 1. The molecule has 1 N–H and O–H groups in total. The summed E-state index contributed by atoms with van der Waals surface area (Å²) in [5.74, 6) is -2.50. The SMILES string of the molecule is C[C@H](OC(=O)CCC(=O)c1ccc(F)cc1)C(=O)Nc1ccc(F)cc1. The molecule has 0 aliphatic heterocycles. The molecule has 1 amide bonds. The second kappa shape index (κ2) is 8.84. The van der Waals surface area contributed by atoms with E-state index in [0.29, 0.717) is 11.3 Å². The molecule has 0 heterocycles. The summed E-state index contributed by atoms with van der Waals surface area (Å²) in [5, 5.41) is 2.48. The number of nitrogens with one attached hydrogen (secondary N) is 1. The average molecular weight is 361 g/mol. The van der Waals surface area contributed by atoms with E-state index >= 15 is 0 Å². The molecule has 26 heavy (non-hydrogen) atoms. The highest BCUT2D eigenvalue weighted by Crippen LogP contribution is 2.11. The molecule has 2 aromatic rings. The zero-order chi connectivity index (χ0) is 19.1. The van der Waals surface area contributed by atoms with Crippen LogP contribution in [-0.2, 0) is 14.3 Å². The highest BCUT2D eigenvalue weighted by Gasteiger charge is 2.19. The van der Waals surface area contributed by atoms with Gasteiger partial charge in [-0.1, -0.05) is 0 Å². The van der Waals surface area contributed by atoms with E-state index in [9.17, 15) is 23.2 Å². The molecular formula is C19H17F2NO4. The number of anilines is 1. The lowest BCUT2D eigenvalue weighted by atomic mass is 10.1. The normalized spacial score (nSPS) is 11.5. The number of amides is 1. The Morgan fingerprint density at radius 3 is 2.04 bits per heavy atom. The Hall–Kier alpha value is -3.09. The fourth-order valence-electron chi connectivity index (χ4n) is 2.08. The highest BCUT2D eigenvalue weighted by molar-refractivity contribution is 5.98. The lowest BCUT2D eigenvalue weighted by Gasteiger charge is -2.13. The molecule has 0 saturated heterocycles. The molecule has 0 saturated carbocycles. The molecule has 2 aromatic carbocycles. The van der Waals surface area contributed by atoms with Gasteiger partial charge in [0.1, 0.15) is 11.6 Å². The molecular weight excluding hydrogens is 344 g/mol. The first-order valence-electron chi connectivity index (χ1n) is 7.90. The molecule has 7 heteroatoms. The molecule has 0 aliphatic carbocycles. The molecule has 0 unspecified atom stereocenters. The maximum Gasteiger partial charge on any atom is 0.307 e. The Bertz CT molecular complexity index is 788. The summed E-state index contributed by atoms with van der Waals surface area (Å²) in [7, 11) is 0. The van der Waals surface area contributed by atoms with Crippen molar-refractivity contribution < 1.29 is 27.9 Å². The fraction of sp³-hybridized carbons (Fsp3) is 0.211. The van der Waals surface area contributed by atoms with Gasteiger partial charge in [-0.2, -0.15) is 0 Å². The number of hydrogen-bond acceptors (Lipinski definition) is 4. The fourth-order valence-corrected chi connectivity index (χ4v) is 2.08. The van der Waals surface area contributed by atoms with Crippen LogP contribution in [0, 0.1) is 11.6 Å². The first kappa shape index (κ1) is 19.2. The van der Waals surface area contributed by atoms with Crippen LogP contribution in [0.4, 0.5) is 14.5 Å². The zero-order valence-electron chi connectivity index (χ0n) is 14.0. The molecule has 5 nitrogen and oxygen atoms in total. The summed E-state index contributed by atoms with van der Waals surface area (Å²) >= 11 is 0. The molecule has 0 fully saturated rings. The van der Waals surface area contributed by atoms with Crippen LogP contribution in [0.1, 0.15) is 30.1 Å². The van der Waals surface area contributed by atoms with Gasteiger partial charge in [-0.15, -0.1) is 0 Å². The topological polar surface area (TPSA) is 72.5 Å². The van der Waals surface area contributed by atoms with Crippen molar-refractivity contribution in [2.24, 2.45) is 0 Å². The third-order valence-electron chi connectivity index (χ3n) is 3.51. The second-order valence-corrected chi connectivity index (χ2v) is 5.56. The summed E-state index contributed by atoms with van der Waals surface area (Å²) in [6.07, 6.45) is -1.39. The Labute approximate surface area is 149 Å². The number of ether oxygens (including phenoxy) is 1. The number of esters is 1. The standard InChI is InChI=1S/C19H17F2NO4/c1-12(19(25)22-16-8-6-15(21)7-9-16)26-18(24)11-10-17(23)13-2-4-14(20)5-3-13/h2-9,12H,10-11H2,1H3,(H,22,25)/t12-/m0/s1. The molecule has 2 rings (SSSR count). The second-order valence-electron chi connectivity index (χ2n) is 5.56. The Morgan fingerprint density at radius 2 is 1.46 bits per heavy atom. The van der Waals surface area contributed by atoms with Crippen molar-refractivity contribution in [3.63, 3.8) is 0 Å². The van der Waals surface area contributed by atoms with Gasteiger partial charge in [-0.05, 0) is 55.5 Å². The summed E-state index contributed by atoms with van der Waals surface area (Å²) in [6.45, 7) is 1.39. The molecule has 0 radical (unpaired) electrons. The number of Topliss-reactive ketones (excluding diaryl/α,β-unsaturated/α-hetero) is 1. The van der Waals surface area contributed by atoms with E-state index < -0.39 is 29.6 Å². The van der Waals surface area contributed by atoms with E-state index in [1.807, 2.05) is 0 Å². The van der Waals surface area contributed by atoms with E-state index in [1.54, 1.807) is 0 Å². The first-order valence-corrected chi connectivity index (χ1v) is 7.90. The minimum Gasteiger partial charge on any atom is -0.453 e. The molecule has 0 aliphatic rings. The van der Waals surface area contributed by atoms with Crippen molar-refractivity contribution in [2.75, 3.05) is 5.32 Å². The monoisotopic (exact) mass is 361 g/mol. The number of carbonyl (C=O) groups excluding carboxylic acids is 3. The van der Waals surface area contributed by atoms with Gasteiger partial charge in [0, 0.05) is 17.7 Å². The number of halogens is 2. The minimum absolute atomic E-state index is 0.114.